The molecular weight excluding hydrogens is 250 g/mol. The lowest BCUT2D eigenvalue weighted by atomic mass is 10.1. The first kappa shape index (κ1) is 12.5. The molecule has 1 heterocycles. The van der Waals surface area contributed by atoms with Gasteiger partial charge in [0.05, 0.1) is 12.8 Å². The summed E-state index contributed by atoms with van der Waals surface area (Å²) in [5.41, 5.74) is 3.35. The molecule has 17 heavy (non-hydrogen) atoms. The van der Waals surface area contributed by atoms with Crippen molar-refractivity contribution in [3.8, 4) is 16.3 Å². The summed E-state index contributed by atoms with van der Waals surface area (Å²) in [6, 6.07) is 6.15. The Morgan fingerprint density at radius 1 is 1.35 bits per heavy atom. The molecule has 0 saturated carbocycles. The third-order valence-electron chi connectivity index (χ3n) is 2.68. The molecule has 90 valence electrons. The molecule has 0 amide bonds. The lowest BCUT2D eigenvalue weighted by Crippen LogP contribution is -1.87. The summed E-state index contributed by atoms with van der Waals surface area (Å²) in [7, 11) is 1.69. The van der Waals surface area contributed by atoms with Gasteiger partial charge in [-0.2, -0.15) is 12.6 Å². The van der Waals surface area contributed by atoms with Crippen LogP contribution in [0, 0.1) is 13.8 Å². The molecule has 2 rings (SSSR count). The van der Waals surface area contributed by atoms with Crippen LogP contribution in [0.2, 0.25) is 0 Å². The first-order chi connectivity index (χ1) is 8.15. The van der Waals surface area contributed by atoms with Gasteiger partial charge in [-0.15, -0.1) is 11.3 Å². The van der Waals surface area contributed by atoms with E-state index in [-0.39, 0.29) is 0 Å². The number of nitrogens with zero attached hydrogens (tertiary/aromatic N) is 1. The van der Waals surface area contributed by atoms with Crippen molar-refractivity contribution in [3.63, 3.8) is 0 Å². The molecule has 0 aliphatic rings. The van der Waals surface area contributed by atoms with Crippen molar-refractivity contribution < 1.29 is 4.74 Å². The zero-order valence-corrected chi connectivity index (χ0v) is 11.9. The van der Waals surface area contributed by atoms with Crippen molar-refractivity contribution in [2.45, 2.75) is 19.6 Å². The van der Waals surface area contributed by atoms with Gasteiger partial charge in [0.25, 0.3) is 0 Å². The lowest BCUT2D eigenvalue weighted by molar-refractivity contribution is 0.412. The Kier molecular flexibility index (Phi) is 3.74. The van der Waals surface area contributed by atoms with Gasteiger partial charge in [0, 0.05) is 16.2 Å². The highest BCUT2D eigenvalue weighted by Gasteiger charge is 2.09. The van der Waals surface area contributed by atoms with Crippen molar-refractivity contribution in [2.75, 3.05) is 7.11 Å². The van der Waals surface area contributed by atoms with Crippen molar-refractivity contribution in [2.24, 2.45) is 0 Å². The van der Waals surface area contributed by atoms with Crippen LogP contribution in [0.15, 0.2) is 18.2 Å². The van der Waals surface area contributed by atoms with Crippen molar-refractivity contribution in [3.05, 3.63) is 34.3 Å². The molecule has 0 aliphatic heterocycles. The normalized spacial score (nSPS) is 10.6. The molecule has 0 N–H and O–H groups in total. The Hall–Kier alpha value is -1.00. The largest absolute Gasteiger partial charge is 0.496 e. The number of aryl methyl sites for hydroxylation is 2. The van der Waals surface area contributed by atoms with Crippen LogP contribution in [0.5, 0.6) is 5.75 Å². The predicted octanol–water partition coefficient (Wildman–Crippen LogP) is 3.87. The minimum absolute atomic E-state index is 0.749. The second kappa shape index (κ2) is 5.10. The molecule has 2 aromatic rings. The molecule has 0 fully saturated rings. The monoisotopic (exact) mass is 265 g/mol. The van der Waals surface area contributed by atoms with E-state index in [9.17, 15) is 0 Å². The summed E-state index contributed by atoms with van der Waals surface area (Å²) in [4.78, 5) is 5.81. The van der Waals surface area contributed by atoms with Gasteiger partial charge in [0.2, 0.25) is 0 Å². The van der Waals surface area contributed by atoms with Crippen LogP contribution in [0.1, 0.15) is 16.1 Å². The third kappa shape index (κ3) is 2.48. The highest BCUT2D eigenvalue weighted by atomic mass is 32.1. The summed E-state index contributed by atoms with van der Waals surface area (Å²) in [6.45, 7) is 4.07. The molecule has 0 unspecified atom stereocenters. The highest BCUT2D eigenvalue weighted by Crippen LogP contribution is 2.31. The van der Waals surface area contributed by atoms with Gasteiger partial charge in [-0.3, -0.25) is 0 Å². The minimum Gasteiger partial charge on any atom is -0.496 e. The zero-order chi connectivity index (χ0) is 12.4. The van der Waals surface area contributed by atoms with Gasteiger partial charge in [0.15, 0.2) is 0 Å². The lowest BCUT2D eigenvalue weighted by Gasteiger charge is -2.05. The second-order valence-electron chi connectivity index (χ2n) is 3.87. The summed E-state index contributed by atoms with van der Waals surface area (Å²) >= 11 is 6.01. The quantitative estimate of drug-likeness (QED) is 0.851. The van der Waals surface area contributed by atoms with Crippen LogP contribution >= 0.6 is 24.0 Å². The van der Waals surface area contributed by atoms with Crippen molar-refractivity contribution >= 4 is 24.0 Å². The van der Waals surface area contributed by atoms with E-state index in [1.807, 2.05) is 26.0 Å². The van der Waals surface area contributed by atoms with Crippen LogP contribution < -0.4 is 4.74 Å². The molecule has 2 nitrogen and oxygen atoms in total. The first-order valence-corrected chi connectivity index (χ1v) is 6.82. The molecule has 0 bridgehead atoms. The average molecular weight is 265 g/mol. The van der Waals surface area contributed by atoms with E-state index in [0.717, 1.165) is 33.3 Å². The summed E-state index contributed by atoms with van der Waals surface area (Å²) < 4.78 is 5.26. The van der Waals surface area contributed by atoms with Crippen LogP contribution in [0.4, 0.5) is 0 Å². The van der Waals surface area contributed by atoms with Gasteiger partial charge in [-0.1, -0.05) is 0 Å². The average Bonchev–Trinajstić information content (AvgIpc) is 2.70. The molecule has 0 radical (unpaired) electrons. The number of ether oxygens (including phenoxy) is 1. The minimum atomic E-state index is 0.749. The van der Waals surface area contributed by atoms with E-state index in [0.29, 0.717) is 0 Å². The number of thiol groups is 1. The molecular formula is C13H15NOS2. The van der Waals surface area contributed by atoms with E-state index >= 15 is 0 Å². The standard InChI is InChI=1S/C13H15NOS2/c1-8-6-10(4-5-11(8)15-3)13-14-9(2)12(7-16)17-13/h4-6,16H,7H2,1-3H3. The Morgan fingerprint density at radius 3 is 2.65 bits per heavy atom. The molecule has 4 heteroatoms. The van der Waals surface area contributed by atoms with Crippen molar-refractivity contribution in [1.29, 1.82) is 0 Å². The number of aromatic nitrogens is 1. The summed E-state index contributed by atoms with van der Waals surface area (Å²) in [5.74, 6) is 1.66. The number of benzene rings is 1. The van der Waals surface area contributed by atoms with Crippen molar-refractivity contribution in [1.82, 2.24) is 4.98 Å². The second-order valence-corrected chi connectivity index (χ2v) is 5.27. The zero-order valence-electron chi connectivity index (χ0n) is 10.2. The van der Waals surface area contributed by atoms with Crippen LogP contribution in [-0.4, -0.2) is 12.1 Å². The molecule has 0 spiro atoms. The van der Waals surface area contributed by atoms with E-state index in [1.165, 1.54) is 4.88 Å². The summed E-state index contributed by atoms with van der Waals surface area (Å²) in [5, 5.41) is 1.05. The fraction of sp³-hybridized carbons (Fsp3) is 0.308. The Bertz CT molecular complexity index is 534. The Balaban J connectivity index is 2.42. The number of methoxy groups -OCH3 is 1. The highest BCUT2D eigenvalue weighted by molar-refractivity contribution is 7.79. The number of hydrogen-bond acceptors (Lipinski definition) is 4. The predicted molar refractivity (Wildman–Crippen MR) is 76.3 cm³/mol. The maximum Gasteiger partial charge on any atom is 0.123 e. The van der Waals surface area contributed by atoms with Gasteiger partial charge in [-0.05, 0) is 37.6 Å². The fourth-order valence-corrected chi connectivity index (χ4v) is 3.05. The van der Waals surface area contributed by atoms with Crippen LogP contribution in [-0.2, 0) is 5.75 Å². The van der Waals surface area contributed by atoms with Gasteiger partial charge in [0.1, 0.15) is 10.8 Å². The number of rotatable bonds is 3. The van der Waals surface area contributed by atoms with Crippen LogP contribution in [0.3, 0.4) is 0 Å². The summed E-state index contributed by atoms with van der Waals surface area (Å²) in [6.07, 6.45) is 0. The molecule has 0 aliphatic carbocycles. The smallest absolute Gasteiger partial charge is 0.123 e. The van der Waals surface area contributed by atoms with Gasteiger partial charge >= 0.3 is 0 Å². The molecule has 1 aromatic heterocycles. The number of hydrogen-bond donors (Lipinski definition) is 1. The number of thiazole rings is 1. The first-order valence-electron chi connectivity index (χ1n) is 5.38. The Morgan fingerprint density at radius 2 is 2.12 bits per heavy atom. The Labute approximate surface area is 111 Å². The fourth-order valence-electron chi connectivity index (χ4n) is 1.71. The molecule has 0 saturated heterocycles. The van der Waals surface area contributed by atoms with E-state index in [2.05, 4.69) is 23.7 Å². The van der Waals surface area contributed by atoms with E-state index < -0.39 is 0 Å². The van der Waals surface area contributed by atoms with E-state index in [4.69, 9.17) is 4.74 Å². The van der Waals surface area contributed by atoms with E-state index in [1.54, 1.807) is 18.4 Å². The molecule has 0 atom stereocenters. The van der Waals surface area contributed by atoms with Gasteiger partial charge < -0.3 is 4.74 Å². The van der Waals surface area contributed by atoms with Gasteiger partial charge in [-0.25, -0.2) is 4.98 Å². The maximum absolute atomic E-state index is 5.26. The molecule has 1 aromatic carbocycles. The topological polar surface area (TPSA) is 22.1 Å². The maximum atomic E-state index is 5.26. The third-order valence-corrected chi connectivity index (χ3v) is 4.41. The van der Waals surface area contributed by atoms with Crippen LogP contribution in [0.25, 0.3) is 10.6 Å². The SMILES string of the molecule is COc1ccc(-c2nc(C)c(CS)s2)cc1C.